The lowest BCUT2D eigenvalue weighted by atomic mass is 9.98. The molecule has 0 fully saturated rings. The van der Waals surface area contributed by atoms with E-state index in [1.54, 1.807) is 7.11 Å². The minimum absolute atomic E-state index is 0.121. The summed E-state index contributed by atoms with van der Waals surface area (Å²) in [4.78, 5) is 23.7. The summed E-state index contributed by atoms with van der Waals surface area (Å²) in [6, 6.07) is 0. The number of amides is 1. The van der Waals surface area contributed by atoms with Gasteiger partial charge < -0.3 is 92.4 Å². The second-order valence-corrected chi connectivity index (χ2v) is 11.9. The number of rotatable bonds is 47. The van der Waals surface area contributed by atoms with Gasteiger partial charge in [-0.3, -0.25) is 9.59 Å². The van der Waals surface area contributed by atoms with Crippen LogP contribution in [-0.2, 0) is 71.2 Å². The van der Waals surface area contributed by atoms with Crippen molar-refractivity contribution in [2.24, 2.45) is 0 Å². The Balaban J connectivity index is 3.26. The zero-order valence-electron chi connectivity index (χ0n) is 33.7. The topological polar surface area (TPSA) is 267 Å². The first-order valence-corrected chi connectivity index (χ1v) is 19.4. The standard InChI is InChI=1S/C36H71NO20/c1-45-5-6-46-7-8-47-9-10-48-11-12-49-13-14-50-15-16-51-17-18-52-19-20-53-21-22-54-23-24-55-25-26-56-27-28-57-30-33(41)37-4-2-3-31(39)34(42)36(44)35(43)32(40)29-38/h32,34-36,38,40,42-44H,2-30H2,1H3,(H,37,41). The lowest BCUT2D eigenvalue weighted by molar-refractivity contribution is -0.147. The maximum atomic E-state index is 11.9. The van der Waals surface area contributed by atoms with Gasteiger partial charge in [0.1, 0.15) is 31.0 Å². The highest BCUT2D eigenvalue weighted by Gasteiger charge is 2.33. The molecule has 21 heteroatoms. The molecule has 0 aromatic rings. The third-order valence-electron chi connectivity index (χ3n) is 7.26. The van der Waals surface area contributed by atoms with E-state index < -0.39 is 42.7 Å². The van der Waals surface area contributed by atoms with Crippen LogP contribution in [0, 0.1) is 0 Å². The van der Waals surface area contributed by atoms with Crippen LogP contribution >= 0.6 is 0 Å². The molecule has 0 radical (unpaired) electrons. The minimum Gasteiger partial charge on any atom is -0.394 e. The highest BCUT2D eigenvalue weighted by Crippen LogP contribution is 2.08. The van der Waals surface area contributed by atoms with Crippen LogP contribution in [0.25, 0.3) is 0 Å². The van der Waals surface area contributed by atoms with E-state index in [1.165, 1.54) is 0 Å². The molecule has 0 aliphatic heterocycles. The van der Waals surface area contributed by atoms with Crippen LogP contribution in [0.1, 0.15) is 12.8 Å². The van der Waals surface area contributed by atoms with Gasteiger partial charge in [-0.1, -0.05) is 0 Å². The number of ketones is 1. The van der Waals surface area contributed by atoms with Gasteiger partial charge in [-0.15, -0.1) is 0 Å². The van der Waals surface area contributed by atoms with Crippen molar-refractivity contribution < 1.29 is 96.7 Å². The Hall–Kier alpha value is -1.58. The van der Waals surface area contributed by atoms with Crippen LogP contribution in [0.15, 0.2) is 0 Å². The van der Waals surface area contributed by atoms with Crippen LogP contribution in [-0.4, -0.2) is 247 Å². The van der Waals surface area contributed by atoms with Crippen LogP contribution in [0.5, 0.6) is 0 Å². The first-order chi connectivity index (χ1) is 27.8. The molecule has 4 atom stereocenters. The fraction of sp³-hybridized carbons (Fsp3) is 0.944. The molecule has 4 unspecified atom stereocenters. The normalized spacial score (nSPS) is 13.8. The summed E-state index contributed by atoms with van der Waals surface area (Å²) >= 11 is 0. The first kappa shape index (κ1) is 55.4. The van der Waals surface area contributed by atoms with Gasteiger partial charge in [0, 0.05) is 20.1 Å². The Labute approximate surface area is 336 Å². The Morgan fingerprint density at radius 3 is 1.05 bits per heavy atom. The second-order valence-electron chi connectivity index (χ2n) is 11.9. The van der Waals surface area contributed by atoms with Gasteiger partial charge in [0.15, 0.2) is 5.78 Å². The number of ether oxygens (including phenoxy) is 13. The largest absolute Gasteiger partial charge is 0.394 e. The van der Waals surface area contributed by atoms with Crippen molar-refractivity contribution >= 4 is 11.7 Å². The fourth-order valence-corrected chi connectivity index (χ4v) is 4.13. The molecule has 21 nitrogen and oxygen atoms in total. The van der Waals surface area contributed by atoms with Crippen molar-refractivity contribution in [3.05, 3.63) is 0 Å². The molecule has 0 heterocycles. The van der Waals surface area contributed by atoms with E-state index in [4.69, 9.17) is 66.7 Å². The summed E-state index contributed by atoms with van der Waals surface area (Å²) in [5, 5.41) is 49.7. The molecule has 57 heavy (non-hydrogen) atoms. The summed E-state index contributed by atoms with van der Waals surface area (Å²) in [5.41, 5.74) is 0. The number of carbonyl (C=O) groups is 2. The fourth-order valence-electron chi connectivity index (χ4n) is 4.13. The smallest absolute Gasteiger partial charge is 0.245 e. The molecule has 6 N–H and O–H groups in total. The van der Waals surface area contributed by atoms with Crippen LogP contribution < -0.4 is 5.32 Å². The van der Waals surface area contributed by atoms with Crippen LogP contribution in [0.2, 0.25) is 0 Å². The third-order valence-corrected chi connectivity index (χ3v) is 7.26. The summed E-state index contributed by atoms with van der Waals surface area (Å²) in [6.45, 7) is 9.95. The monoisotopic (exact) mass is 837 g/mol. The molecular weight excluding hydrogens is 766 g/mol. The average molecular weight is 838 g/mol. The van der Waals surface area contributed by atoms with E-state index in [2.05, 4.69) is 5.32 Å². The lowest BCUT2D eigenvalue weighted by Crippen LogP contribution is -2.48. The van der Waals surface area contributed by atoms with E-state index in [1.807, 2.05) is 0 Å². The van der Waals surface area contributed by atoms with Gasteiger partial charge in [0.2, 0.25) is 5.91 Å². The van der Waals surface area contributed by atoms with Gasteiger partial charge in [-0.05, 0) is 6.42 Å². The van der Waals surface area contributed by atoms with Crippen molar-refractivity contribution in [1.82, 2.24) is 5.32 Å². The second kappa shape index (κ2) is 44.0. The molecule has 0 bridgehead atoms. The van der Waals surface area contributed by atoms with Crippen LogP contribution in [0.4, 0.5) is 0 Å². The highest BCUT2D eigenvalue weighted by atomic mass is 16.6. The minimum atomic E-state index is -1.95. The number of hydrogen-bond acceptors (Lipinski definition) is 20. The number of nitrogens with one attached hydrogen (secondary N) is 1. The van der Waals surface area contributed by atoms with Gasteiger partial charge in [0.05, 0.1) is 165 Å². The zero-order valence-corrected chi connectivity index (χ0v) is 33.7. The van der Waals surface area contributed by atoms with Gasteiger partial charge in [-0.2, -0.15) is 0 Å². The number of aliphatic hydroxyl groups excluding tert-OH is 5. The van der Waals surface area contributed by atoms with E-state index in [0.717, 1.165) is 0 Å². The molecule has 1 amide bonds. The molecule has 0 saturated carbocycles. The number of aliphatic hydroxyl groups is 5. The summed E-state index contributed by atoms with van der Waals surface area (Å²) in [5.74, 6) is -1.18. The average Bonchev–Trinajstić information content (AvgIpc) is 3.22. The van der Waals surface area contributed by atoms with E-state index >= 15 is 0 Å². The highest BCUT2D eigenvalue weighted by molar-refractivity contribution is 5.83. The van der Waals surface area contributed by atoms with E-state index in [0.29, 0.717) is 145 Å². The zero-order chi connectivity index (χ0) is 41.9. The molecule has 0 aromatic heterocycles. The summed E-state index contributed by atoms with van der Waals surface area (Å²) < 4.78 is 69.8. The summed E-state index contributed by atoms with van der Waals surface area (Å²) in [6.07, 6.45) is -7.48. The molecule has 0 saturated heterocycles. The van der Waals surface area contributed by atoms with E-state index in [9.17, 15) is 30.0 Å². The molecular formula is C36H71NO20. The molecule has 0 aliphatic carbocycles. The van der Waals surface area contributed by atoms with Crippen molar-refractivity contribution in [2.45, 2.75) is 37.3 Å². The molecule has 0 aliphatic rings. The van der Waals surface area contributed by atoms with Crippen molar-refractivity contribution in [2.75, 3.05) is 185 Å². The van der Waals surface area contributed by atoms with Crippen molar-refractivity contribution in [3.8, 4) is 0 Å². The number of methoxy groups -OCH3 is 1. The molecule has 0 aromatic carbocycles. The Morgan fingerprint density at radius 2 is 0.754 bits per heavy atom. The molecule has 0 rings (SSSR count). The quantitative estimate of drug-likeness (QED) is 0.0329. The molecule has 0 spiro atoms. The maximum absolute atomic E-state index is 11.9. The van der Waals surface area contributed by atoms with Crippen LogP contribution in [0.3, 0.4) is 0 Å². The number of Topliss-reactive ketones (excluding diaryl/α,β-unsaturated/α-hetero) is 1. The molecule has 340 valence electrons. The number of hydrogen-bond donors (Lipinski definition) is 6. The Kier molecular flexibility index (Phi) is 42.8. The van der Waals surface area contributed by atoms with Gasteiger partial charge in [0.25, 0.3) is 0 Å². The van der Waals surface area contributed by atoms with E-state index in [-0.39, 0.29) is 39.2 Å². The Bertz CT molecular complexity index is 865. The van der Waals surface area contributed by atoms with Gasteiger partial charge in [-0.25, -0.2) is 0 Å². The summed E-state index contributed by atoms with van der Waals surface area (Å²) in [7, 11) is 1.63. The SMILES string of the molecule is COCCOCCOCCOCCOCCOCCOCCOCCOCCOCCOCCOCCOCC(=O)NCCCC(=O)C(O)C(O)C(O)C(O)CO. The Morgan fingerprint density at radius 1 is 0.456 bits per heavy atom. The number of carbonyl (C=O) groups excluding carboxylic acids is 2. The first-order valence-electron chi connectivity index (χ1n) is 19.4. The van der Waals surface area contributed by atoms with Crippen molar-refractivity contribution in [1.29, 1.82) is 0 Å². The third kappa shape index (κ3) is 38.4. The maximum Gasteiger partial charge on any atom is 0.245 e. The predicted molar refractivity (Wildman–Crippen MR) is 200 cm³/mol. The predicted octanol–water partition coefficient (Wildman–Crippen LogP) is -3.27. The lowest BCUT2D eigenvalue weighted by Gasteiger charge is -2.24. The van der Waals surface area contributed by atoms with Crippen molar-refractivity contribution in [3.63, 3.8) is 0 Å². The van der Waals surface area contributed by atoms with Gasteiger partial charge >= 0.3 is 0 Å².